The largest absolute Gasteiger partial charge is 0.493 e. The Kier molecular flexibility index (Phi) is 8.02. The molecule has 0 saturated carbocycles. The minimum atomic E-state index is -0.499. The second-order valence-corrected chi connectivity index (χ2v) is 5.87. The van der Waals surface area contributed by atoms with Gasteiger partial charge in [0.15, 0.2) is 11.5 Å². The summed E-state index contributed by atoms with van der Waals surface area (Å²) in [6.07, 6.45) is 1.95. The molecule has 2 aromatic rings. The van der Waals surface area contributed by atoms with Gasteiger partial charge in [-0.3, -0.25) is 9.59 Å². The minimum absolute atomic E-state index is 0.317. The summed E-state index contributed by atoms with van der Waals surface area (Å²) >= 11 is 0. The second kappa shape index (κ2) is 10.7. The molecule has 28 heavy (non-hydrogen) atoms. The van der Waals surface area contributed by atoms with E-state index in [-0.39, 0.29) is 6.42 Å². The van der Waals surface area contributed by atoms with Gasteiger partial charge in [-0.2, -0.15) is 5.10 Å². The van der Waals surface area contributed by atoms with Gasteiger partial charge < -0.3 is 14.8 Å². The number of rotatable bonds is 9. The number of hydrogen-bond acceptors (Lipinski definition) is 5. The van der Waals surface area contributed by atoms with E-state index in [1.54, 1.807) is 25.3 Å². The Labute approximate surface area is 164 Å². The summed E-state index contributed by atoms with van der Waals surface area (Å²) in [5.41, 5.74) is 4.81. The van der Waals surface area contributed by atoms with E-state index in [0.29, 0.717) is 23.8 Å². The lowest BCUT2D eigenvalue weighted by atomic mass is 10.1. The third-order valence-corrected chi connectivity index (χ3v) is 3.88. The van der Waals surface area contributed by atoms with Gasteiger partial charge in [-0.05, 0) is 48.7 Å². The van der Waals surface area contributed by atoms with Gasteiger partial charge in [-0.1, -0.05) is 25.1 Å². The normalized spacial score (nSPS) is 10.5. The zero-order chi connectivity index (χ0) is 20.4. The number of amides is 2. The molecule has 2 amide bonds. The molecule has 0 aliphatic carbocycles. The first kappa shape index (κ1) is 21.0. The minimum Gasteiger partial charge on any atom is -0.493 e. The van der Waals surface area contributed by atoms with E-state index in [4.69, 9.17) is 9.47 Å². The van der Waals surface area contributed by atoms with Gasteiger partial charge in [0.05, 0.1) is 19.9 Å². The first-order valence-electron chi connectivity index (χ1n) is 9.07. The molecule has 0 aliphatic heterocycles. The smallest absolute Gasteiger partial charge is 0.249 e. The molecular weight excluding hydrogens is 358 g/mol. The van der Waals surface area contributed by atoms with Crippen LogP contribution in [-0.2, 0) is 16.0 Å². The summed E-state index contributed by atoms with van der Waals surface area (Å²) in [7, 11) is 1.57. The van der Waals surface area contributed by atoms with Crippen LogP contribution in [0.2, 0.25) is 0 Å². The van der Waals surface area contributed by atoms with Crippen molar-refractivity contribution in [1.29, 1.82) is 0 Å². The Hall–Kier alpha value is -3.35. The quantitative estimate of drug-likeness (QED) is 0.395. The van der Waals surface area contributed by atoms with Crippen LogP contribution in [0.3, 0.4) is 0 Å². The van der Waals surface area contributed by atoms with Crippen molar-refractivity contribution >= 4 is 23.7 Å². The van der Waals surface area contributed by atoms with Gasteiger partial charge in [-0.15, -0.1) is 0 Å². The zero-order valence-corrected chi connectivity index (χ0v) is 16.3. The van der Waals surface area contributed by atoms with Gasteiger partial charge in [0.25, 0.3) is 0 Å². The van der Waals surface area contributed by atoms with Crippen molar-refractivity contribution in [2.24, 2.45) is 5.10 Å². The van der Waals surface area contributed by atoms with E-state index in [2.05, 4.69) is 15.8 Å². The maximum absolute atomic E-state index is 12.1. The number of anilines is 1. The lowest BCUT2D eigenvalue weighted by molar-refractivity contribution is -0.126. The summed E-state index contributed by atoms with van der Waals surface area (Å²) < 4.78 is 10.7. The Bertz CT molecular complexity index is 849. The number of hydrazone groups is 1. The number of para-hydroxylation sites is 1. The fourth-order valence-electron chi connectivity index (χ4n) is 2.55. The molecule has 0 saturated heterocycles. The van der Waals surface area contributed by atoms with E-state index in [1.165, 1.54) is 6.21 Å². The number of aryl methyl sites for hydroxylation is 1. The van der Waals surface area contributed by atoms with Crippen LogP contribution in [0.15, 0.2) is 47.6 Å². The molecule has 2 aromatic carbocycles. The molecule has 0 aliphatic rings. The van der Waals surface area contributed by atoms with Crippen molar-refractivity contribution in [1.82, 2.24) is 5.43 Å². The molecule has 148 valence electrons. The number of carbonyl (C=O) groups is 2. The van der Waals surface area contributed by atoms with Gasteiger partial charge in [0.2, 0.25) is 11.8 Å². The van der Waals surface area contributed by atoms with Crippen LogP contribution in [-0.4, -0.2) is 31.7 Å². The number of hydrogen-bond donors (Lipinski definition) is 2. The van der Waals surface area contributed by atoms with Crippen molar-refractivity contribution in [2.75, 3.05) is 19.0 Å². The highest BCUT2D eigenvalue weighted by Gasteiger charge is 2.10. The topological polar surface area (TPSA) is 89.0 Å². The molecule has 7 heteroatoms. The van der Waals surface area contributed by atoms with E-state index >= 15 is 0 Å². The Morgan fingerprint density at radius 1 is 1.07 bits per heavy atom. The Morgan fingerprint density at radius 3 is 2.57 bits per heavy atom. The number of carbonyl (C=O) groups excluding carboxylic acids is 2. The van der Waals surface area contributed by atoms with Crippen molar-refractivity contribution in [2.45, 2.75) is 26.7 Å². The van der Waals surface area contributed by atoms with E-state index in [0.717, 1.165) is 17.5 Å². The summed E-state index contributed by atoms with van der Waals surface area (Å²) in [6, 6.07) is 12.8. The van der Waals surface area contributed by atoms with Crippen LogP contribution in [0.4, 0.5) is 5.69 Å². The SMILES string of the molecule is CCOc1cc(C=NNC(=O)CC(=O)Nc2ccccc2CC)ccc1OC. The fourth-order valence-corrected chi connectivity index (χ4v) is 2.55. The number of nitrogens with one attached hydrogen (secondary N) is 2. The number of benzene rings is 2. The van der Waals surface area contributed by atoms with Crippen LogP contribution >= 0.6 is 0 Å². The van der Waals surface area contributed by atoms with Crippen LogP contribution in [0.1, 0.15) is 31.4 Å². The van der Waals surface area contributed by atoms with E-state index < -0.39 is 11.8 Å². The standard InChI is InChI=1S/C21H25N3O4/c1-4-16-8-6-7-9-17(16)23-20(25)13-21(26)24-22-14-15-10-11-18(27-3)19(12-15)28-5-2/h6-12,14H,4-5,13H2,1-3H3,(H,23,25)(H,24,26). The fraction of sp³-hybridized carbons (Fsp3) is 0.286. The molecule has 7 nitrogen and oxygen atoms in total. The number of methoxy groups -OCH3 is 1. The average molecular weight is 383 g/mol. The molecule has 2 rings (SSSR count). The number of ether oxygens (including phenoxy) is 2. The first-order chi connectivity index (χ1) is 13.6. The summed E-state index contributed by atoms with van der Waals surface area (Å²) in [4.78, 5) is 24.0. The van der Waals surface area contributed by atoms with Crippen LogP contribution in [0.5, 0.6) is 11.5 Å². The molecule has 0 bridgehead atoms. The molecule has 0 unspecified atom stereocenters. The van der Waals surface area contributed by atoms with E-state index in [1.807, 2.05) is 38.1 Å². The summed E-state index contributed by atoms with van der Waals surface area (Å²) in [6.45, 7) is 4.39. The molecular formula is C21H25N3O4. The van der Waals surface area contributed by atoms with Gasteiger partial charge >= 0.3 is 0 Å². The second-order valence-electron chi connectivity index (χ2n) is 5.87. The Balaban J connectivity index is 1.89. The monoisotopic (exact) mass is 383 g/mol. The molecule has 0 radical (unpaired) electrons. The molecule has 0 fully saturated rings. The van der Waals surface area contributed by atoms with E-state index in [9.17, 15) is 9.59 Å². The summed E-state index contributed by atoms with van der Waals surface area (Å²) in [5.74, 6) is 0.319. The van der Waals surface area contributed by atoms with Crippen LogP contribution in [0, 0.1) is 0 Å². The van der Waals surface area contributed by atoms with Crippen molar-refractivity contribution in [3.05, 3.63) is 53.6 Å². The molecule has 0 heterocycles. The molecule has 0 spiro atoms. The first-order valence-corrected chi connectivity index (χ1v) is 9.07. The molecule has 2 N–H and O–H groups in total. The van der Waals surface area contributed by atoms with Crippen molar-refractivity contribution in [3.8, 4) is 11.5 Å². The third kappa shape index (κ3) is 6.12. The van der Waals surface area contributed by atoms with Gasteiger partial charge in [-0.25, -0.2) is 5.43 Å². The maximum atomic E-state index is 12.1. The van der Waals surface area contributed by atoms with Crippen LogP contribution in [0.25, 0.3) is 0 Å². The third-order valence-electron chi connectivity index (χ3n) is 3.88. The van der Waals surface area contributed by atoms with Gasteiger partial charge in [0, 0.05) is 5.69 Å². The lowest BCUT2D eigenvalue weighted by Crippen LogP contribution is -2.25. The predicted octanol–water partition coefficient (Wildman–Crippen LogP) is 3.14. The highest BCUT2D eigenvalue weighted by Crippen LogP contribution is 2.27. The van der Waals surface area contributed by atoms with Crippen LogP contribution < -0.4 is 20.2 Å². The van der Waals surface area contributed by atoms with Gasteiger partial charge in [0.1, 0.15) is 6.42 Å². The molecule has 0 aromatic heterocycles. The predicted molar refractivity (Wildman–Crippen MR) is 109 cm³/mol. The number of nitrogens with zero attached hydrogens (tertiary/aromatic N) is 1. The maximum Gasteiger partial charge on any atom is 0.249 e. The highest BCUT2D eigenvalue weighted by molar-refractivity contribution is 6.04. The average Bonchev–Trinajstić information content (AvgIpc) is 2.69. The highest BCUT2D eigenvalue weighted by atomic mass is 16.5. The van der Waals surface area contributed by atoms with Crippen molar-refractivity contribution in [3.63, 3.8) is 0 Å². The summed E-state index contributed by atoms with van der Waals surface area (Å²) in [5, 5.41) is 6.64. The zero-order valence-electron chi connectivity index (χ0n) is 16.3. The van der Waals surface area contributed by atoms with Crippen molar-refractivity contribution < 1.29 is 19.1 Å². The Morgan fingerprint density at radius 2 is 1.86 bits per heavy atom. The lowest BCUT2D eigenvalue weighted by Gasteiger charge is -2.09. The molecule has 0 atom stereocenters.